The number of methoxy groups -OCH3 is 1. The minimum absolute atomic E-state index is 0. The highest BCUT2D eigenvalue weighted by molar-refractivity contribution is 5.94. The number of amides is 1. The molecule has 2 unspecified atom stereocenters. The van der Waals surface area contributed by atoms with Gasteiger partial charge in [-0.05, 0) is 44.0 Å². The molecule has 1 saturated heterocycles. The summed E-state index contributed by atoms with van der Waals surface area (Å²) in [6.07, 6.45) is 2.16. The number of carbonyl (C=O) groups is 1. The molecule has 0 aromatic heterocycles. The van der Waals surface area contributed by atoms with Crippen LogP contribution < -0.4 is 10.6 Å². The molecular weight excluding hydrogens is 276 g/mol. The topological polar surface area (TPSA) is 50.4 Å². The van der Waals surface area contributed by atoms with Crippen LogP contribution in [0.5, 0.6) is 0 Å². The van der Waals surface area contributed by atoms with E-state index in [1.54, 1.807) is 7.11 Å². The fourth-order valence-electron chi connectivity index (χ4n) is 2.41. The van der Waals surface area contributed by atoms with Crippen LogP contribution in [0.3, 0.4) is 0 Å². The third-order valence-electron chi connectivity index (χ3n) is 3.61. The number of rotatable bonds is 4. The van der Waals surface area contributed by atoms with Gasteiger partial charge in [0.05, 0.1) is 6.61 Å². The molecule has 1 amide bonds. The summed E-state index contributed by atoms with van der Waals surface area (Å²) in [5.41, 5.74) is 1.78. The molecule has 0 spiro atoms. The standard InChI is InChI=1S/C15H22N2O2.ClH/c1-11-14(4-3-9-16-11)17-15(18)13-7-5-12(6-8-13)10-19-2;/h5-8,11,14,16H,3-4,9-10H2,1-2H3,(H,17,18);1H. The average molecular weight is 299 g/mol. The predicted molar refractivity (Wildman–Crippen MR) is 82.4 cm³/mol. The second-order valence-electron chi connectivity index (χ2n) is 5.09. The van der Waals surface area contributed by atoms with Gasteiger partial charge < -0.3 is 15.4 Å². The maximum absolute atomic E-state index is 12.2. The summed E-state index contributed by atoms with van der Waals surface area (Å²) in [5, 5.41) is 6.49. The van der Waals surface area contributed by atoms with E-state index in [0.717, 1.165) is 24.9 Å². The molecule has 2 rings (SSSR count). The lowest BCUT2D eigenvalue weighted by Crippen LogP contribution is -2.51. The summed E-state index contributed by atoms with van der Waals surface area (Å²) < 4.78 is 5.05. The summed E-state index contributed by atoms with van der Waals surface area (Å²) in [4.78, 5) is 12.2. The van der Waals surface area contributed by atoms with Crippen molar-refractivity contribution in [3.05, 3.63) is 35.4 Å². The molecule has 2 atom stereocenters. The first-order chi connectivity index (χ1) is 9.20. The van der Waals surface area contributed by atoms with Crippen molar-refractivity contribution < 1.29 is 9.53 Å². The van der Waals surface area contributed by atoms with Crippen molar-refractivity contribution in [3.8, 4) is 0 Å². The van der Waals surface area contributed by atoms with Gasteiger partial charge in [0.25, 0.3) is 5.91 Å². The van der Waals surface area contributed by atoms with Crippen molar-refractivity contribution in [2.45, 2.75) is 38.5 Å². The van der Waals surface area contributed by atoms with Crippen LogP contribution in [0.1, 0.15) is 35.7 Å². The molecule has 0 aliphatic carbocycles. The van der Waals surface area contributed by atoms with Crippen LogP contribution >= 0.6 is 12.4 Å². The molecule has 20 heavy (non-hydrogen) atoms. The molecule has 1 aromatic carbocycles. The van der Waals surface area contributed by atoms with Crippen LogP contribution in [0.2, 0.25) is 0 Å². The fourth-order valence-corrected chi connectivity index (χ4v) is 2.41. The van der Waals surface area contributed by atoms with E-state index in [2.05, 4.69) is 17.6 Å². The second kappa shape index (κ2) is 8.25. The van der Waals surface area contributed by atoms with Gasteiger partial charge >= 0.3 is 0 Å². The van der Waals surface area contributed by atoms with Gasteiger partial charge in [0, 0.05) is 24.8 Å². The maximum Gasteiger partial charge on any atom is 0.251 e. The Morgan fingerprint density at radius 1 is 1.40 bits per heavy atom. The first kappa shape index (κ1) is 17.0. The summed E-state index contributed by atoms with van der Waals surface area (Å²) >= 11 is 0. The molecule has 1 aliphatic rings. The van der Waals surface area contributed by atoms with Gasteiger partial charge in [-0.3, -0.25) is 4.79 Å². The number of piperidine rings is 1. The lowest BCUT2D eigenvalue weighted by atomic mass is 9.99. The lowest BCUT2D eigenvalue weighted by molar-refractivity contribution is 0.0919. The average Bonchev–Trinajstić information content (AvgIpc) is 2.42. The Morgan fingerprint density at radius 2 is 2.10 bits per heavy atom. The van der Waals surface area contributed by atoms with Gasteiger partial charge in [-0.25, -0.2) is 0 Å². The van der Waals surface area contributed by atoms with Crippen molar-refractivity contribution in [2.75, 3.05) is 13.7 Å². The number of hydrogen-bond donors (Lipinski definition) is 2. The molecule has 5 heteroatoms. The van der Waals surface area contributed by atoms with Crippen LogP contribution in [-0.2, 0) is 11.3 Å². The quantitative estimate of drug-likeness (QED) is 0.895. The second-order valence-corrected chi connectivity index (χ2v) is 5.09. The summed E-state index contributed by atoms with van der Waals surface area (Å²) in [7, 11) is 1.66. The zero-order valence-electron chi connectivity index (χ0n) is 12.0. The Morgan fingerprint density at radius 3 is 2.70 bits per heavy atom. The van der Waals surface area contributed by atoms with E-state index in [0.29, 0.717) is 18.2 Å². The van der Waals surface area contributed by atoms with E-state index in [1.165, 1.54) is 0 Å². The van der Waals surface area contributed by atoms with E-state index in [-0.39, 0.29) is 24.4 Å². The highest BCUT2D eigenvalue weighted by Gasteiger charge is 2.22. The first-order valence-corrected chi connectivity index (χ1v) is 6.83. The number of halogens is 1. The molecule has 1 heterocycles. The molecule has 0 bridgehead atoms. The molecule has 112 valence electrons. The molecule has 1 aliphatic heterocycles. The van der Waals surface area contributed by atoms with E-state index in [1.807, 2.05) is 24.3 Å². The third-order valence-corrected chi connectivity index (χ3v) is 3.61. The number of benzene rings is 1. The Balaban J connectivity index is 0.00000200. The van der Waals surface area contributed by atoms with Crippen molar-refractivity contribution in [1.82, 2.24) is 10.6 Å². The van der Waals surface area contributed by atoms with Crippen molar-refractivity contribution in [3.63, 3.8) is 0 Å². The van der Waals surface area contributed by atoms with Crippen molar-refractivity contribution in [1.29, 1.82) is 0 Å². The predicted octanol–water partition coefficient (Wildman–Crippen LogP) is 2.13. The smallest absolute Gasteiger partial charge is 0.251 e. The number of hydrogen-bond acceptors (Lipinski definition) is 3. The van der Waals surface area contributed by atoms with E-state index < -0.39 is 0 Å². The number of nitrogens with one attached hydrogen (secondary N) is 2. The zero-order valence-corrected chi connectivity index (χ0v) is 12.8. The minimum atomic E-state index is 0. The first-order valence-electron chi connectivity index (χ1n) is 6.83. The Labute approximate surface area is 126 Å². The van der Waals surface area contributed by atoms with Crippen LogP contribution in [0, 0.1) is 0 Å². The summed E-state index contributed by atoms with van der Waals surface area (Å²) in [5.74, 6) is 0.00418. The van der Waals surface area contributed by atoms with Gasteiger partial charge in [-0.2, -0.15) is 0 Å². The third kappa shape index (κ3) is 4.47. The summed E-state index contributed by atoms with van der Waals surface area (Å²) in [6, 6.07) is 8.13. The van der Waals surface area contributed by atoms with Crippen LogP contribution in [0.25, 0.3) is 0 Å². The van der Waals surface area contributed by atoms with E-state index in [4.69, 9.17) is 4.74 Å². The van der Waals surface area contributed by atoms with Gasteiger partial charge in [-0.15, -0.1) is 12.4 Å². The maximum atomic E-state index is 12.2. The molecule has 0 radical (unpaired) electrons. The molecule has 1 fully saturated rings. The van der Waals surface area contributed by atoms with E-state index >= 15 is 0 Å². The number of carbonyl (C=O) groups excluding carboxylic acids is 1. The SMILES string of the molecule is COCc1ccc(C(=O)NC2CCCNC2C)cc1.Cl. The zero-order chi connectivity index (χ0) is 13.7. The highest BCUT2D eigenvalue weighted by atomic mass is 35.5. The fraction of sp³-hybridized carbons (Fsp3) is 0.533. The highest BCUT2D eigenvalue weighted by Crippen LogP contribution is 2.10. The van der Waals surface area contributed by atoms with Crippen molar-refractivity contribution >= 4 is 18.3 Å². The molecular formula is C15H23ClN2O2. The van der Waals surface area contributed by atoms with Crippen LogP contribution in [0.15, 0.2) is 24.3 Å². The van der Waals surface area contributed by atoms with Gasteiger partial charge in [0.2, 0.25) is 0 Å². The lowest BCUT2D eigenvalue weighted by Gasteiger charge is -2.30. The molecule has 1 aromatic rings. The monoisotopic (exact) mass is 298 g/mol. The van der Waals surface area contributed by atoms with E-state index in [9.17, 15) is 4.79 Å². The molecule has 2 N–H and O–H groups in total. The largest absolute Gasteiger partial charge is 0.380 e. The molecule has 0 saturated carbocycles. The Bertz CT molecular complexity index is 422. The normalized spacial score (nSPS) is 21.9. The van der Waals surface area contributed by atoms with Crippen LogP contribution in [0.4, 0.5) is 0 Å². The van der Waals surface area contributed by atoms with Crippen molar-refractivity contribution in [2.24, 2.45) is 0 Å². The minimum Gasteiger partial charge on any atom is -0.380 e. The summed E-state index contributed by atoms with van der Waals surface area (Å²) in [6.45, 7) is 3.73. The van der Waals surface area contributed by atoms with Crippen LogP contribution in [-0.4, -0.2) is 31.6 Å². The van der Waals surface area contributed by atoms with Gasteiger partial charge in [0.15, 0.2) is 0 Å². The molecule has 4 nitrogen and oxygen atoms in total. The number of ether oxygens (including phenoxy) is 1. The van der Waals surface area contributed by atoms with Gasteiger partial charge in [-0.1, -0.05) is 12.1 Å². The Kier molecular flexibility index (Phi) is 6.99. The Hall–Kier alpha value is -1.10. The van der Waals surface area contributed by atoms with Gasteiger partial charge in [0.1, 0.15) is 0 Å².